The van der Waals surface area contributed by atoms with Crippen LogP contribution in [0.5, 0.6) is 0 Å². The lowest BCUT2D eigenvalue weighted by atomic mass is 10.2. The lowest BCUT2D eigenvalue weighted by Crippen LogP contribution is -2.29. The second-order valence-corrected chi connectivity index (χ2v) is 7.77. The SMILES string of the molecule is Cc1cc(=O)n(CC(=O)Nc2ccc(Cl)cc2C)c(SCc2ccccc2)n1. The quantitative estimate of drug-likeness (QED) is 0.479. The Kier molecular flexibility index (Phi) is 6.54. The molecule has 7 heteroatoms. The molecule has 0 aliphatic carbocycles. The molecule has 0 radical (unpaired) electrons. The molecule has 28 heavy (non-hydrogen) atoms. The van der Waals surface area contributed by atoms with Gasteiger partial charge in [-0.05, 0) is 43.2 Å². The number of anilines is 1. The Morgan fingerprint density at radius 2 is 1.89 bits per heavy atom. The van der Waals surface area contributed by atoms with Crippen molar-refractivity contribution in [1.82, 2.24) is 9.55 Å². The van der Waals surface area contributed by atoms with Crippen LogP contribution in [-0.4, -0.2) is 15.5 Å². The van der Waals surface area contributed by atoms with Gasteiger partial charge in [0, 0.05) is 28.2 Å². The number of hydrogen-bond acceptors (Lipinski definition) is 4. The van der Waals surface area contributed by atoms with E-state index in [0.29, 0.717) is 27.3 Å². The molecular formula is C21H20ClN3O2S. The van der Waals surface area contributed by atoms with Gasteiger partial charge in [0.1, 0.15) is 6.54 Å². The topological polar surface area (TPSA) is 64.0 Å². The molecule has 0 aliphatic rings. The largest absolute Gasteiger partial charge is 0.324 e. The molecule has 1 heterocycles. The highest BCUT2D eigenvalue weighted by molar-refractivity contribution is 7.98. The van der Waals surface area contributed by atoms with Gasteiger partial charge in [0.15, 0.2) is 5.16 Å². The fourth-order valence-corrected chi connectivity index (χ4v) is 3.91. The summed E-state index contributed by atoms with van der Waals surface area (Å²) < 4.78 is 1.40. The molecule has 0 unspecified atom stereocenters. The van der Waals surface area contributed by atoms with E-state index in [4.69, 9.17) is 11.6 Å². The number of nitrogens with zero attached hydrogens (tertiary/aromatic N) is 2. The van der Waals surface area contributed by atoms with Gasteiger partial charge in [-0.15, -0.1) is 0 Å². The fraction of sp³-hybridized carbons (Fsp3) is 0.190. The summed E-state index contributed by atoms with van der Waals surface area (Å²) in [4.78, 5) is 29.5. The summed E-state index contributed by atoms with van der Waals surface area (Å²) in [5.41, 5.74) is 3.03. The van der Waals surface area contributed by atoms with Crippen LogP contribution >= 0.6 is 23.4 Å². The van der Waals surface area contributed by atoms with Gasteiger partial charge in [0.05, 0.1) is 0 Å². The van der Waals surface area contributed by atoms with Crippen molar-refractivity contribution in [3.63, 3.8) is 0 Å². The minimum atomic E-state index is -0.292. The lowest BCUT2D eigenvalue weighted by Gasteiger charge is -2.13. The number of amides is 1. The van der Waals surface area contributed by atoms with Crippen molar-refractivity contribution in [3.05, 3.63) is 86.8 Å². The number of aryl methyl sites for hydroxylation is 2. The van der Waals surface area contributed by atoms with Gasteiger partial charge in [-0.3, -0.25) is 14.2 Å². The van der Waals surface area contributed by atoms with Crippen molar-refractivity contribution in [2.45, 2.75) is 31.3 Å². The molecule has 0 saturated carbocycles. The number of halogens is 1. The maximum absolute atomic E-state index is 12.5. The van der Waals surface area contributed by atoms with Crippen LogP contribution in [0.25, 0.3) is 0 Å². The zero-order valence-electron chi connectivity index (χ0n) is 15.6. The van der Waals surface area contributed by atoms with Crippen LogP contribution in [0.1, 0.15) is 16.8 Å². The van der Waals surface area contributed by atoms with Gasteiger partial charge in [-0.25, -0.2) is 4.98 Å². The zero-order chi connectivity index (χ0) is 20.1. The summed E-state index contributed by atoms with van der Waals surface area (Å²) in [6.07, 6.45) is 0. The third kappa shape index (κ3) is 5.24. The fourth-order valence-electron chi connectivity index (χ4n) is 2.67. The lowest BCUT2D eigenvalue weighted by molar-refractivity contribution is -0.116. The molecule has 144 valence electrons. The van der Waals surface area contributed by atoms with Crippen molar-refractivity contribution >= 4 is 35.0 Å². The first-order valence-corrected chi connectivity index (χ1v) is 10.1. The highest BCUT2D eigenvalue weighted by Crippen LogP contribution is 2.21. The highest BCUT2D eigenvalue weighted by atomic mass is 35.5. The smallest absolute Gasteiger partial charge is 0.254 e. The van der Waals surface area contributed by atoms with E-state index in [9.17, 15) is 9.59 Å². The molecule has 0 spiro atoms. The number of aromatic nitrogens is 2. The van der Waals surface area contributed by atoms with Gasteiger partial charge in [-0.2, -0.15) is 0 Å². The summed E-state index contributed by atoms with van der Waals surface area (Å²) in [6.45, 7) is 3.53. The van der Waals surface area contributed by atoms with Crippen LogP contribution in [0, 0.1) is 13.8 Å². The van der Waals surface area contributed by atoms with Crippen molar-refractivity contribution in [2.75, 3.05) is 5.32 Å². The number of carbonyl (C=O) groups excluding carboxylic acids is 1. The van der Waals surface area contributed by atoms with Crippen LogP contribution in [0.2, 0.25) is 5.02 Å². The first kappa shape index (κ1) is 20.2. The molecule has 2 aromatic carbocycles. The molecule has 3 aromatic rings. The molecule has 0 bridgehead atoms. The van der Waals surface area contributed by atoms with E-state index in [1.165, 1.54) is 22.4 Å². The summed E-state index contributed by atoms with van der Waals surface area (Å²) in [7, 11) is 0. The Balaban J connectivity index is 1.78. The normalized spacial score (nSPS) is 10.7. The highest BCUT2D eigenvalue weighted by Gasteiger charge is 2.13. The molecule has 5 nitrogen and oxygen atoms in total. The van der Waals surface area contributed by atoms with Crippen LogP contribution < -0.4 is 10.9 Å². The van der Waals surface area contributed by atoms with E-state index < -0.39 is 0 Å². The summed E-state index contributed by atoms with van der Waals surface area (Å²) >= 11 is 7.39. The first-order chi connectivity index (χ1) is 13.4. The van der Waals surface area contributed by atoms with Crippen LogP contribution in [0.4, 0.5) is 5.69 Å². The molecule has 1 aromatic heterocycles. The Morgan fingerprint density at radius 1 is 1.14 bits per heavy atom. The molecule has 3 rings (SSSR count). The minimum absolute atomic E-state index is 0.106. The number of hydrogen-bond donors (Lipinski definition) is 1. The Hall–Kier alpha value is -2.57. The third-order valence-electron chi connectivity index (χ3n) is 4.08. The average molecular weight is 414 g/mol. The summed E-state index contributed by atoms with van der Waals surface area (Å²) in [5, 5.41) is 3.96. The van der Waals surface area contributed by atoms with Crippen molar-refractivity contribution in [2.24, 2.45) is 0 Å². The van der Waals surface area contributed by atoms with Gasteiger partial charge in [0.25, 0.3) is 5.56 Å². The second-order valence-electron chi connectivity index (χ2n) is 6.39. The van der Waals surface area contributed by atoms with Crippen LogP contribution in [0.15, 0.2) is 64.5 Å². The molecule has 0 fully saturated rings. The van der Waals surface area contributed by atoms with E-state index in [1.54, 1.807) is 25.1 Å². The number of thioether (sulfide) groups is 1. The van der Waals surface area contributed by atoms with Crippen molar-refractivity contribution < 1.29 is 4.79 Å². The minimum Gasteiger partial charge on any atom is -0.324 e. The van der Waals surface area contributed by atoms with E-state index in [0.717, 1.165) is 11.1 Å². The summed E-state index contributed by atoms with van der Waals surface area (Å²) in [6, 6.07) is 16.6. The van der Waals surface area contributed by atoms with E-state index in [1.807, 2.05) is 37.3 Å². The molecule has 0 saturated heterocycles. The Labute approximate surface area is 172 Å². The zero-order valence-corrected chi connectivity index (χ0v) is 17.2. The summed E-state index contributed by atoms with van der Waals surface area (Å²) in [5.74, 6) is 0.369. The van der Waals surface area contributed by atoms with E-state index in [-0.39, 0.29) is 18.0 Å². The molecular weight excluding hydrogens is 394 g/mol. The number of benzene rings is 2. The van der Waals surface area contributed by atoms with E-state index in [2.05, 4.69) is 10.3 Å². The average Bonchev–Trinajstić information content (AvgIpc) is 2.65. The van der Waals surface area contributed by atoms with Gasteiger partial charge in [0.2, 0.25) is 5.91 Å². The van der Waals surface area contributed by atoms with Crippen molar-refractivity contribution in [1.29, 1.82) is 0 Å². The molecule has 1 amide bonds. The first-order valence-electron chi connectivity index (χ1n) is 8.73. The third-order valence-corrected chi connectivity index (χ3v) is 5.36. The maximum atomic E-state index is 12.5. The standard InChI is InChI=1S/C21H20ClN3O2S/c1-14-10-17(22)8-9-18(14)24-19(26)12-25-20(27)11-15(2)23-21(25)28-13-16-6-4-3-5-7-16/h3-11H,12-13H2,1-2H3,(H,24,26). The maximum Gasteiger partial charge on any atom is 0.254 e. The van der Waals surface area contributed by atoms with Crippen molar-refractivity contribution in [3.8, 4) is 0 Å². The monoisotopic (exact) mass is 413 g/mol. The number of rotatable bonds is 6. The molecule has 1 N–H and O–H groups in total. The van der Waals surface area contributed by atoms with E-state index >= 15 is 0 Å². The Bertz CT molecular complexity index is 1050. The predicted molar refractivity (Wildman–Crippen MR) is 114 cm³/mol. The van der Waals surface area contributed by atoms with Crippen LogP contribution in [-0.2, 0) is 17.1 Å². The Morgan fingerprint density at radius 3 is 2.61 bits per heavy atom. The molecule has 0 atom stereocenters. The molecule has 0 aliphatic heterocycles. The second kappa shape index (κ2) is 9.08. The number of nitrogens with one attached hydrogen (secondary N) is 1. The predicted octanol–water partition coefficient (Wildman–Crippen LogP) is 4.44. The van der Waals surface area contributed by atoms with Gasteiger partial charge < -0.3 is 5.32 Å². The van der Waals surface area contributed by atoms with Gasteiger partial charge >= 0.3 is 0 Å². The van der Waals surface area contributed by atoms with Crippen LogP contribution in [0.3, 0.4) is 0 Å². The van der Waals surface area contributed by atoms with Gasteiger partial charge in [-0.1, -0.05) is 53.7 Å². The number of carbonyl (C=O) groups is 1.